The lowest BCUT2D eigenvalue weighted by Gasteiger charge is -2.25. The van der Waals surface area contributed by atoms with E-state index in [0.29, 0.717) is 13.0 Å². The number of halogens is 3. The van der Waals surface area contributed by atoms with E-state index in [1.165, 1.54) is 12.1 Å². The first-order valence-electron chi connectivity index (χ1n) is 6.59. The van der Waals surface area contributed by atoms with E-state index in [1.807, 2.05) is 6.08 Å². The van der Waals surface area contributed by atoms with Gasteiger partial charge in [-0.1, -0.05) is 6.08 Å². The van der Waals surface area contributed by atoms with Crippen molar-refractivity contribution in [3.05, 3.63) is 46.0 Å². The molecule has 0 aromatic heterocycles. The number of nitro benzene ring substituents is 1. The fourth-order valence-electron chi connectivity index (χ4n) is 2.34. The Balaban J connectivity index is 2.00. The molecule has 114 valence electrons. The van der Waals surface area contributed by atoms with Gasteiger partial charge in [0.25, 0.3) is 5.69 Å². The molecule has 0 spiro atoms. The molecule has 4 nitrogen and oxygen atoms in total. The number of rotatable bonds is 4. The molecule has 1 N–H and O–H groups in total. The molecule has 0 radical (unpaired) electrons. The first-order valence-corrected chi connectivity index (χ1v) is 6.59. The van der Waals surface area contributed by atoms with E-state index >= 15 is 0 Å². The van der Waals surface area contributed by atoms with Gasteiger partial charge in [0.15, 0.2) is 0 Å². The number of hydrogen-bond donors (Lipinski definition) is 1. The van der Waals surface area contributed by atoms with Gasteiger partial charge in [-0.25, -0.2) is 0 Å². The van der Waals surface area contributed by atoms with E-state index in [4.69, 9.17) is 0 Å². The van der Waals surface area contributed by atoms with Crippen molar-refractivity contribution >= 4 is 11.3 Å². The molecule has 0 amide bonds. The molecule has 21 heavy (non-hydrogen) atoms. The van der Waals surface area contributed by atoms with Gasteiger partial charge in [0.1, 0.15) is 0 Å². The molecule has 1 atom stereocenters. The molecule has 1 aromatic carbocycles. The van der Waals surface area contributed by atoms with E-state index in [0.717, 1.165) is 11.1 Å². The summed E-state index contributed by atoms with van der Waals surface area (Å²) in [5.41, 5.74) is 1.75. The largest absolute Gasteiger partial charge is 0.389 e. The molecule has 1 aromatic rings. The van der Waals surface area contributed by atoms with E-state index < -0.39 is 17.5 Å². The highest BCUT2D eigenvalue weighted by molar-refractivity contribution is 5.67. The monoisotopic (exact) mass is 300 g/mol. The van der Waals surface area contributed by atoms with Crippen LogP contribution in [0, 0.1) is 10.1 Å². The Labute approximate surface area is 119 Å². The number of benzene rings is 1. The predicted molar refractivity (Wildman–Crippen MR) is 72.8 cm³/mol. The summed E-state index contributed by atoms with van der Waals surface area (Å²) in [4.78, 5) is 10.1. The number of nitrogens with one attached hydrogen (secondary N) is 1. The Morgan fingerprint density at radius 1 is 1.29 bits per heavy atom. The molecule has 1 aliphatic heterocycles. The molecular weight excluding hydrogens is 285 g/mol. The lowest BCUT2D eigenvalue weighted by Crippen LogP contribution is -2.34. The van der Waals surface area contributed by atoms with Gasteiger partial charge in [-0.2, -0.15) is 13.2 Å². The molecule has 0 saturated carbocycles. The third kappa shape index (κ3) is 4.56. The number of non-ortho nitro benzene ring substituents is 1. The van der Waals surface area contributed by atoms with Crippen molar-refractivity contribution in [3.8, 4) is 0 Å². The van der Waals surface area contributed by atoms with Gasteiger partial charge >= 0.3 is 6.18 Å². The maximum atomic E-state index is 12.2. The number of nitrogens with zero attached hydrogens (tertiary/aromatic N) is 1. The molecule has 0 bridgehead atoms. The predicted octanol–water partition coefficient (Wildman–Crippen LogP) is 3.68. The van der Waals surface area contributed by atoms with Gasteiger partial charge in [0.05, 0.1) is 4.92 Å². The minimum Gasteiger partial charge on any atom is -0.310 e. The molecule has 1 aliphatic rings. The minimum absolute atomic E-state index is 0.00176. The molecule has 7 heteroatoms. The normalized spacial score (nSPS) is 19.2. The molecule has 2 rings (SSSR count). The van der Waals surface area contributed by atoms with Crippen molar-refractivity contribution < 1.29 is 18.1 Å². The lowest BCUT2D eigenvalue weighted by atomic mass is 9.93. The topological polar surface area (TPSA) is 55.2 Å². The molecule has 0 fully saturated rings. The Hall–Kier alpha value is -1.89. The van der Waals surface area contributed by atoms with Crippen molar-refractivity contribution in [2.24, 2.45) is 0 Å². The summed E-state index contributed by atoms with van der Waals surface area (Å²) in [6.07, 6.45) is -2.51. The fraction of sp³-hybridized carbons (Fsp3) is 0.429. The van der Waals surface area contributed by atoms with Crippen LogP contribution >= 0.6 is 0 Å². The number of nitro groups is 1. The highest BCUT2D eigenvalue weighted by Gasteiger charge is 2.29. The molecular formula is C14H15F3N2O2. The summed E-state index contributed by atoms with van der Waals surface area (Å²) in [5, 5.41) is 13.6. The standard InChI is InChI=1S/C14H15F3N2O2/c15-14(16,17)7-5-12-9-11(6-8-18-12)10-1-3-13(4-2-10)19(20)21/h1-4,6,12,18H,5,7-9H2. The summed E-state index contributed by atoms with van der Waals surface area (Å²) in [5.74, 6) is 0. The van der Waals surface area contributed by atoms with Crippen molar-refractivity contribution in [1.29, 1.82) is 0 Å². The Morgan fingerprint density at radius 3 is 2.52 bits per heavy atom. The van der Waals surface area contributed by atoms with Gasteiger partial charge in [0.2, 0.25) is 0 Å². The molecule has 0 aliphatic carbocycles. The number of hydrogen-bond acceptors (Lipinski definition) is 3. The van der Waals surface area contributed by atoms with Crippen LogP contribution in [0.5, 0.6) is 0 Å². The van der Waals surface area contributed by atoms with E-state index in [9.17, 15) is 23.3 Å². The first-order chi connectivity index (χ1) is 9.85. The summed E-state index contributed by atoms with van der Waals surface area (Å²) in [6, 6.07) is 5.86. The summed E-state index contributed by atoms with van der Waals surface area (Å²) >= 11 is 0. The second-order valence-corrected chi connectivity index (χ2v) is 5.00. The zero-order chi connectivity index (χ0) is 15.5. The zero-order valence-electron chi connectivity index (χ0n) is 11.2. The average Bonchev–Trinajstić information content (AvgIpc) is 2.45. The van der Waals surface area contributed by atoms with Crippen molar-refractivity contribution in [2.75, 3.05) is 6.54 Å². The van der Waals surface area contributed by atoms with Crippen molar-refractivity contribution in [1.82, 2.24) is 5.32 Å². The van der Waals surface area contributed by atoms with Gasteiger partial charge in [0, 0.05) is 31.1 Å². The third-order valence-electron chi connectivity index (χ3n) is 3.45. The highest BCUT2D eigenvalue weighted by Crippen LogP contribution is 2.28. The van der Waals surface area contributed by atoms with Gasteiger partial charge < -0.3 is 5.32 Å². The Morgan fingerprint density at radius 2 is 1.95 bits per heavy atom. The lowest BCUT2D eigenvalue weighted by molar-refractivity contribution is -0.384. The summed E-state index contributed by atoms with van der Waals surface area (Å²) < 4.78 is 36.7. The smallest absolute Gasteiger partial charge is 0.310 e. The van der Waals surface area contributed by atoms with Crippen LogP contribution < -0.4 is 5.32 Å². The van der Waals surface area contributed by atoms with Gasteiger partial charge in [-0.15, -0.1) is 0 Å². The van der Waals surface area contributed by atoms with Crippen LogP contribution in [-0.4, -0.2) is 23.7 Å². The summed E-state index contributed by atoms with van der Waals surface area (Å²) in [6.45, 7) is 0.509. The maximum absolute atomic E-state index is 12.2. The molecule has 0 saturated heterocycles. The van der Waals surface area contributed by atoms with Crippen LogP contribution in [0.15, 0.2) is 30.3 Å². The second-order valence-electron chi connectivity index (χ2n) is 5.00. The van der Waals surface area contributed by atoms with Gasteiger partial charge in [-0.3, -0.25) is 10.1 Å². The van der Waals surface area contributed by atoms with Crippen LogP contribution in [-0.2, 0) is 0 Å². The SMILES string of the molecule is O=[N+]([O-])c1ccc(C2=CCNC(CCC(F)(F)F)C2)cc1. The first kappa shape index (κ1) is 15.5. The van der Waals surface area contributed by atoms with E-state index in [1.54, 1.807) is 12.1 Å². The van der Waals surface area contributed by atoms with E-state index in [2.05, 4.69) is 5.32 Å². The average molecular weight is 300 g/mol. The quantitative estimate of drug-likeness (QED) is 0.681. The van der Waals surface area contributed by atoms with E-state index in [-0.39, 0.29) is 18.2 Å². The van der Waals surface area contributed by atoms with Crippen molar-refractivity contribution in [2.45, 2.75) is 31.5 Å². The highest BCUT2D eigenvalue weighted by atomic mass is 19.4. The Bertz CT molecular complexity index is 538. The summed E-state index contributed by atoms with van der Waals surface area (Å²) in [7, 11) is 0. The Kier molecular flexibility index (Phi) is 4.62. The zero-order valence-corrected chi connectivity index (χ0v) is 11.2. The third-order valence-corrected chi connectivity index (χ3v) is 3.45. The maximum Gasteiger partial charge on any atom is 0.389 e. The second kappa shape index (κ2) is 6.26. The van der Waals surface area contributed by atoms with Crippen LogP contribution in [0.2, 0.25) is 0 Å². The number of alkyl halides is 3. The van der Waals surface area contributed by atoms with Crippen LogP contribution in [0.4, 0.5) is 18.9 Å². The van der Waals surface area contributed by atoms with Crippen LogP contribution in [0.1, 0.15) is 24.8 Å². The van der Waals surface area contributed by atoms with Crippen LogP contribution in [0.3, 0.4) is 0 Å². The fourth-order valence-corrected chi connectivity index (χ4v) is 2.34. The molecule has 1 heterocycles. The van der Waals surface area contributed by atoms with Gasteiger partial charge in [-0.05, 0) is 36.1 Å². The van der Waals surface area contributed by atoms with Crippen molar-refractivity contribution in [3.63, 3.8) is 0 Å². The van der Waals surface area contributed by atoms with Crippen LogP contribution in [0.25, 0.3) is 5.57 Å². The minimum atomic E-state index is -4.14. The molecule has 1 unspecified atom stereocenters.